The van der Waals surface area contributed by atoms with E-state index < -0.39 is 0 Å². The summed E-state index contributed by atoms with van der Waals surface area (Å²) in [5.41, 5.74) is 0. The smallest absolute Gasteiger partial charge is 0.105 e. The van der Waals surface area contributed by atoms with Gasteiger partial charge in [0.2, 0.25) is 0 Å². The Kier molecular flexibility index (Phi) is 4.14. The highest BCUT2D eigenvalue weighted by molar-refractivity contribution is 4.88. The topological polar surface area (TPSA) is 44.9 Å². The molecule has 4 heteroatoms. The largest absolute Gasteiger partial charge is 0.334 e. The van der Waals surface area contributed by atoms with Gasteiger partial charge < -0.3 is 4.57 Å². The van der Waals surface area contributed by atoms with Crippen LogP contribution in [0, 0.1) is 18.3 Å². The van der Waals surface area contributed by atoms with Crippen molar-refractivity contribution >= 4 is 0 Å². The second-order valence-electron chi connectivity index (χ2n) is 3.19. The van der Waals surface area contributed by atoms with Gasteiger partial charge in [-0.2, -0.15) is 5.26 Å². The Morgan fingerprint density at radius 2 is 2.43 bits per heavy atom. The summed E-state index contributed by atoms with van der Waals surface area (Å²) in [5.74, 6) is 1.03. The number of nitrogens with zero attached hydrogens (tertiary/aromatic N) is 4. The lowest BCUT2D eigenvalue weighted by Crippen LogP contribution is -2.27. The zero-order valence-corrected chi connectivity index (χ0v) is 8.77. The van der Waals surface area contributed by atoms with Crippen LogP contribution in [-0.4, -0.2) is 34.1 Å². The van der Waals surface area contributed by atoms with Gasteiger partial charge in [-0.1, -0.05) is 6.92 Å². The Morgan fingerprint density at radius 3 is 2.93 bits per heavy atom. The van der Waals surface area contributed by atoms with Gasteiger partial charge in [0.1, 0.15) is 5.82 Å². The lowest BCUT2D eigenvalue weighted by atomic mass is 10.4. The number of nitriles is 1. The fraction of sp³-hybridized carbons (Fsp3) is 0.600. The van der Waals surface area contributed by atoms with Crippen LogP contribution in [0.25, 0.3) is 0 Å². The van der Waals surface area contributed by atoms with Gasteiger partial charge in [-0.05, 0) is 13.5 Å². The maximum absolute atomic E-state index is 8.57. The molecule has 0 aromatic carbocycles. The molecule has 0 aliphatic carbocycles. The molecule has 0 fully saturated rings. The summed E-state index contributed by atoms with van der Waals surface area (Å²) in [6.07, 6.45) is 3.77. The van der Waals surface area contributed by atoms with Crippen molar-refractivity contribution in [2.24, 2.45) is 0 Å². The van der Waals surface area contributed by atoms with Crippen LogP contribution in [0.5, 0.6) is 0 Å². The zero-order chi connectivity index (χ0) is 10.4. The molecular formula is C10H16N4. The second-order valence-corrected chi connectivity index (χ2v) is 3.19. The number of aromatic nitrogens is 2. The maximum Gasteiger partial charge on any atom is 0.105 e. The van der Waals surface area contributed by atoms with E-state index in [9.17, 15) is 0 Å². The minimum Gasteiger partial charge on any atom is -0.334 e. The van der Waals surface area contributed by atoms with Crippen molar-refractivity contribution in [1.82, 2.24) is 14.5 Å². The van der Waals surface area contributed by atoms with E-state index in [0.717, 1.165) is 25.5 Å². The number of rotatable bonds is 5. The third-order valence-corrected chi connectivity index (χ3v) is 2.32. The fourth-order valence-electron chi connectivity index (χ4n) is 1.34. The van der Waals surface area contributed by atoms with Crippen molar-refractivity contribution in [3.63, 3.8) is 0 Å². The summed E-state index contributed by atoms with van der Waals surface area (Å²) < 4.78 is 2.10. The van der Waals surface area contributed by atoms with Crippen molar-refractivity contribution < 1.29 is 0 Å². The molecule has 1 heterocycles. The van der Waals surface area contributed by atoms with E-state index in [-0.39, 0.29) is 0 Å². The Bertz CT molecular complexity index is 310. The number of aryl methyl sites for hydroxylation is 1. The predicted molar refractivity (Wildman–Crippen MR) is 54.7 cm³/mol. The van der Waals surface area contributed by atoms with Crippen molar-refractivity contribution in [3.05, 3.63) is 18.2 Å². The molecule has 0 radical (unpaired) electrons. The average molecular weight is 192 g/mol. The minimum absolute atomic E-state index is 0.504. The molecule has 0 saturated heterocycles. The zero-order valence-electron chi connectivity index (χ0n) is 8.77. The van der Waals surface area contributed by atoms with E-state index in [1.54, 1.807) is 6.20 Å². The lowest BCUT2D eigenvalue weighted by Gasteiger charge is -2.16. The van der Waals surface area contributed by atoms with Gasteiger partial charge in [-0.15, -0.1) is 0 Å². The Balaban J connectivity index is 2.40. The van der Waals surface area contributed by atoms with Crippen molar-refractivity contribution in [3.8, 4) is 6.07 Å². The molecule has 0 saturated carbocycles. The Hall–Kier alpha value is -1.34. The highest BCUT2D eigenvalue weighted by atomic mass is 15.2. The molecule has 0 N–H and O–H groups in total. The van der Waals surface area contributed by atoms with Crippen LogP contribution in [0.3, 0.4) is 0 Å². The highest BCUT2D eigenvalue weighted by Gasteiger charge is 2.02. The van der Waals surface area contributed by atoms with Crippen molar-refractivity contribution in [2.45, 2.75) is 20.4 Å². The molecule has 0 amide bonds. The van der Waals surface area contributed by atoms with E-state index in [2.05, 4.69) is 27.4 Å². The summed E-state index contributed by atoms with van der Waals surface area (Å²) in [7, 11) is 0. The molecule has 1 aromatic heterocycles. The molecule has 1 rings (SSSR count). The van der Waals surface area contributed by atoms with Crippen LogP contribution in [0.4, 0.5) is 0 Å². The first-order chi connectivity index (χ1) is 6.77. The van der Waals surface area contributed by atoms with Crippen molar-refractivity contribution in [2.75, 3.05) is 19.6 Å². The van der Waals surface area contributed by atoms with Gasteiger partial charge in [0, 0.05) is 25.5 Å². The van der Waals surface area contributed by atoms with Crippen LogP contribution in [0.2, 0.25) is 0 Å². The molecule has 0 aliphatic rings. The number of hydrogen-bond acceptors (Lipinski definition) is 3. The summed E-state index contributed by atoms with van der Waals surface area (Å²) in [6, 6.07) is 2.16. The van der Waals surface area contributed by atoms with Gasteiger partial charge in [-0.3, -0.25) is 4.90 Å². The molecule has 0 aliphatic heterocycles. The first-order valence-corrected chi connectivity index (χ1v) is 4.85. The maximum atomic E-state index is 8.57. The summed E-state index contributed by atoms with van der Waals surface area (Å²) in [6.45, 7) is 7.28. The van der Waals surface area contributed by atoms with Crippen LogP contribution in [0.15, 0.2) is 12.4 Å². The van der Waals surface area contributed by atoms with Gasteiger partial charge in [0.25, 0.3) is 0 Å². The van der Waals surface area contributed by atoms with Gasteiger partial charge in [0.15, 0.2) is 0 Å². The summed E-state index contributed by atoms with van der Waals surface area (Å²) >= 11 is 0. The number of hydrogen-bond donors (Lipinski definition) is 0. The standard InChI is InChI=1S/C10H16N4/c1-3-13(6-4-11)8-9-14-7-5-12-10(14)2/h5,7H,3,6,8-9H2,1-2H3. The van der Waals surface area contributed by atoms with E-state index in [1.165, 1.54) is 0 Å². The average Bonchev–Trinajstić information content (AvgIpc) is 2.59. The fourth-order valence-corrected chi connectivity index (χ4v) is 1.34. The van der Waals surface area contributed by atoms with E-state index in [4.69, 9.17) is 5.26 Å². The van der Waals surface area contributed by atoms with E-state index in [0.29, 0.717) is 6.54 Å². The molecule has 0 unspecified atom stereocenters. The molecule has 76 valence electrons. The third kappa shape index (κ3) is 2.86. The SMILES string of the molecule is CCN(CC#N)CCn1ccnc1C. The highest BCUT2D eigenvalue weighted by Crippen LogP contribution is 1.96. The van der Waals surface area contributed by atoms with Gasteiger partial charge in [0.05, 0.1) is 12.6 Å². The van der Waals surface area contributed by atoms with Crippen LogP contribution in [0.1, 0.15) is 12.7 Å². The monoisotopic (exact) mass is 192 g/mol. The second kappa shape index (κ2) is 5.40. The van der Waals surface area contributed by atoms with Gasteiger partial charge >= 0.3 is 0 Å². The quantitative estimate of drug-likeness (QED) is 0.655. The molecule has 0 spiro atoms. The first kappa shape index (κ1) is 10.7. The molecule has 14 heavy (non-hydrogen) atoms. The molecule has 0 atom stereocenters. The first-order valence-electron chi connectivity index (χ1n) is 4.85. The molecule has 0 bridgehead atoms. The van der Waals surface area contributed by atoms with Crippen molar-refractivity contribution in [1.29, 1.82) is 5.26 Å². The minimum atomic E-state index is 0.504. The molecular weight excluding hydrogens is 176 g/mol. The molecule has 4 nitrogen and oxygen atoms in total. The van der Waals surface area contributed by atoms with E-state index in [1.807, 2.05) is 13.1 Å². The lowest BCUT2D eigenvalue weighted by molar-refractivity contribution is 0.306. The number of imidazole rings is 1. The summed E-state index contributed by atoms with van der Waals surface area (Å²) in [4.78, 5) is 6.26. The van der Waals surface area contributed by atoms with Crippen LogP contribution in [-0.2, 0) is 6.54 Å². The van der Waals surface area contributed by atoms with E-state index >= 15 is 0 Å². The van der Waals surface area contributed by atoms with Gasteiger partial charge in [-0.25, -0.2) is 4.98 Å². The third-order valence-electron chi connectivity index (χ3n) is 2.32. The number of likely N-dealkylation sites (N-methyl/N-ethyl adjacent to an activating group) is 1. The molecule has 1 aromatic rings. The van der Waals surface area contributed by atoms with Crippen LogP contribution < -0.4 is 0 Å². The summed E-state index contributed by atoms with van der Waals surface area (Å²) in [5, 5.41) is 8.57. The van der Waals surface area contributed by atoms with Crippen LogP contribution >= 0.6 is 0 Å². The Labute approximate surface area is 84.8 Å². The normalized spacial score (nSPS) is 10.4. The Morgan fingerprint density at radius 1 is 1.64 bits per heavy atom. The predicted octanol–water partition coefficient (Wildman–Crippen LogP) is 1.04.